The van der Waals surface area contributed by atoms with E-state index < -0.39 is 28.5 Å². The fourth-order valence-electron chi connectivity index (χ4n) is 1.20. The number of ether oxygens (including phenoxy) is 1. The molecule has 4 radical (unpaired) electrons. The van der Waals surface area contributed by atoms with Gasteiger partial charge in [-0.2, -0.15) is 0 Å². The number of esters is 1. The van der Waals surface area contributed by atoms with E-state index in [2.05, 4.69) is 0 Å². The number of rotatable bonds is 1. The van der Waals surface area contributed by atoms with Crippen molar-refractivity contribution >= 4 is 32.6 Å². The summed E-state index contributed by atoms with van der Waals surface area (Å²) in [5.41, 5.74) is -1.81. The molecule has 6 heteroatoms. The van der Waals surface area contributed by atoms with Crippen LogP contribution in [-0.2, 0) is 4.79 Å². The Labute approximate surface area is 108 Å². The molecule has 2 nitrogen and oxygen atoms in total. The highest BCUT2D eigenvalue weighted by Gasteiger charge is 2.26. The van der Waals surface area contributed by atoms with E-state index in [-0.39, 0.29) is 16.8 Å². The number of carbonyl (C=O) groups excluding carboxylic acids is 1. The Kier molecular flexibility index (Phi) is 3.89. The van der Waals surface area contributed by atoms with E-state index in [4.69, 9.17) is 20.4 Å². The summed E-state index contributed by atoms with van der Waals surface area (Å²) in [6.07, 6.45) is 0. The summed E-state index contributed by atoms with van der Waals surface area (Å²) < 4.78 is 31.8. The highest BCUT2D eigenvalue weighted by Crippen LogP contribution is 2.23. The molecule has 0 unspecified atom stereocenters. The molecule has 0 saturated heterocycles. The van der Waals surface area contributed by atoms with E-state index >= 15 is 0 Å². The molecule has 0 aliphatic rings. The second-order valence-electron chi connectivity index (χ2n) is 5.05. The Morgan fingerprint density at radius 3 is 2.06 bits per heavy atom. The molecule has 0 amide bonds. The summed E-state index contributed by atoms with van der Waals surface area (Å²) >= 11 is 0. The minimum atomic E-state index is -1.24. The lowest BCUT2D eigenvalue weighted by Crippen LogP contribution is -2.36. The second-order valence-corrected chi connectivity index (χ2v) is 5.05. The standard InChI is InChI=1S/C12H12B2F2O2/c1-5-8(15)9(16)6(13)7(14)10(5)18-11(17)12(2,3)4/h1-4H3. The van der Waals surface area contributed by atoms with Crippen molar-refractivity contribution in [2.75, 3.05) is 0 Å². The van der Waals surface area contributed by atoms with Crippen LogP contribution in [0.15, 0.2) is 0 Å². The van der Waals surface area contributed by atoms with Crippen LogP contribution in [0.2, 0.25) is 0 Å². The predicted octanol–water partition coefficient (Wildman–Crippen LogP) is 0.812. The van der Waals surface area contributed by atoms with E-state index in [9.17, 15) is 13.6 Å². The van der Waals surface area contributed by atoms with Crippen LogP contribution in [0, 0.1) is 24.0 Å². The minimum Gasteiger partial charge on any atom is -0.426 e. The highest BCUT2D eigenvalue weighted by molar-refractivity contribution is 6.50. The van der Waals surface area contributed by atoms with Crippen molar-refractivity contribution < 1.29 is 18.3 Å². The summed E-state index contributed by atoms with van der Waals surface area (Å²) in [6, 6.07) is 0. The third-order valence-corrected chi connectivity index (χ3v) is 2.44. The fraction of sp³-hybridized carbons (Fsp3) is 0.417. The van der Waals surface area contributed by atoms with Gasteiger partial charge in [-0.3, -0.25) is 4.79 Å². The maximum atomic E-state index is 13.5. The zero-order chi connectivity index (χ0) is 14.2. The van der Waals surface area contributed by atoms with Crippen molar-refractivity contribution in [3.8, 4) is 5.75 Å². The lowest BCUT2D eigenvalue weighted by Gasteiger charge is -2.20. The van der Waals surface area contributed by atoms with E-state index in [0.717, 1.165) is 0 Å². The van der Waals surface area contributed by atoms with Crippen LogP contribution < -0.4 is 15.7 Å². The molecule has 0 aliphatic heterocycles. The first-order chi connectivity index (χ1) is 8.07. The topological polar surface area (TPSA) is 26.3 Å². The van der Waals surface area contributed by atoms with Crippen molar-refractivity contribution in [1.29, 1.82) is 0 Å². The molecule has 1 rings (SSSR count). The molecule has 1 aromatic rings. The zero-order valence-corrected chi connectivity index (χ0v) is 10.7. The summed E-state index contributed by atoms with van der Waals surface area (Å²) in [7, 11) is 10.8. The normalized spacial score (nSPS) is 11.4. The van der Waals surface area contributed by atoms with Gasteiger partial charge in [-0.15, -0.1) is 0 Å². The van der Waals surface area contributed by atoms with Crippen LogP contribution in [-0.4, -0.2) is 21.7 Å². The third kappa shape index (κ3) is 2.57. The number of benzene rings is 1. The average molecular weight is 248 g/mol. The lowest BCUT2D eigenvalue weighted by atomic mass is 9.78. The van der Waals surface area contributed by atoms with Gasteiger partial charge in [0, 0.05) is 5.56 Å². The molecule has 0 aromatic heterocycles. The van der Waals surface area contributed by atoms with Crippen molar-refractivity contribution in [2.45, 2.75) is 27.7 Å². The van der Waals surface area contributed by atoms with Gasteiger partial charge in [0.1, 0.15) is 21.4 Å². The Bertz CT molecular complexity index is 479. The Morgan fingerprint density at radius 2 is 1.61 bits per heavy atom. The largest absolute Gasteiger partial charge is 0.426 e. The van der Waals surface area contributed by atoms with Crippen molar-refractivity contribution in [3.63, 3.8) is 0 Å². The molecule has 0 spiro atoms. The number of halogens is 2. The highest BCUT2D eigenvalue weighted by atomic mass is 19.2. The maximum absolute atomic E-state index is 13.5. The molecule has 1 aromatic carbocycles. The number of hydrogen-bond donors (Lipinski definition) is 0. The van der Waals surface area contributed by atoms with Crippen LogP contribution in [0.25, 0.3) is 0 Å². The molecule has 0 bridgehead atoms. The van der Waals surface area contributed by atoms with E-state index in [0.29, 0.717) is 0 Å². The van der Waals surface area contributed by atoms with Crippen LogP contribution in [0.1, 0.15) is 26.3 Å². The van der Waals surface area contributed by atoms with E-state index in [1.165, 1.54) is 6.92 Å². The van der Waals surface area contributed by atoms with E-state index in [1.807, 2.05) is 0 Å². The predicted molar refractivity (Wildman–Crippen MR) is 67.0 cm³/mol. The fourth-order valence-corrected chi connectivity index (χ4v) is 1.20. The monoisotopic (exact) mass is 248 g/mol. The maximum Gasteiger partial charge on any atom is 0.316 e. The number of hydrogen-bond acceptors (Lipinski definition) is 2. The zero-order valence-electron chi connectivity index (χ0n) is 10.7. The molecule has 0 saturated carbocycles. The summed E-state index contributed by atoms with van der Waals surface area (Å²) in [5, 5.41) is 0. The quantitative estimate of drug-likeness (QED) is 0.417. The van der Waals surface area contributed by atoms with Gasteiger partial charge in [0.15, 0.2) is 11.6 Å². The minimum absolute atomic E-state index is 0.184. The van der Waals surface area contributed by atoms with Crippen molar-refractivity contribution in [3.05, 3.63) is 17.2 Å². The van der Waals surface area contributed by atoms with Gasteiger partial charge < -0.3 is 4.74 Å². The van der Waals surface area contributed by atoms with Gasteiger partial charge in [-0.05, 0) is 27.7 Å². The summed E-state index contributed by atoms with van der Waals surface area (Å²) in [4.78, 5) is 11.7. The Hall–Kier alpha value is -1.32. The molecule has 18 heavy (non-hydrogen) atoms. The van der Waals surface area contributed by atoms with Gasteiger partial charge in [-0.1, -0.05) is 10.9 Å². The summed E-state index contributed by atoms with van der Waals surface area (Å²) in [5.74, 6) is -3.24. The van der Waals surface area contributed by atoms with Gasteiger partial charge in [-0.25, -0.2) is 8.78 Å². The van der Waals surface area contributed by atoms with Gasteiger partial charge in [0.25, 0.3) is 0 Å². The summed E-state index contributed by atoms with van der Waals surface area (Å²) in [6.45, 7) is 6.15. The molecule has 0 N–H and O–H groups in total. The first-order valence-electron chi connectivity index (χ1n) is 5.32. The third-order valence-electron chi connectivity index (χ3n) is 2.44. The second kappa shape index (κ2) is 4.75. The SMILES string of the molecule is [B]c1c([B])c(OC(=O)C(C)(C)C)c(C)c(F)c1F. The van der Waals surface area contributed by atoms with E-state index in [1.54, 1.807) is 20.8 Å². The molecular weight excluding hydrogens is 236 g/mol. The van der Waals surface area contributed by atoms with Gasteiger partial charge >= 0.3 is 5.97 Å². The Morgan fingerprint density at radius 1 is 1.11 bits per heavy atom. The van der Waals surface area contributed by atoms with Gasteiger partial charge in [0.2, 0.25) is 0 Å². The molecular formula is C12H12B2F2O2. The van der Waals surface area contributed by atoms with Crippen LogP contribution in [0.3, 0.4) is 0 Å². The van der Waals surface area contributed by atoms with Crippen molar-refractivity contribution in [1.82, 2.24) is 0 Å². The smallest absolute Gasteiger partial charge is 0.316 e. The van der Waals surface area contributed by atoms with Crippen molar-refractivity contribution in [2.24, 2.45) is 5.41 Å². The van der Waals surface area contributed by atoms with Crippen LogP contribution in [0.4, 0.5) is 8.78 Å². The van der Waals surface area contributed by atoms with Gasteiger partial charge in [0.05, 0.1) is 5.41 Å². The van der Waals surface area contributed by atoms with Crippen LogP contribution in [0.5, 0.6) is 5.75 Å². The number of carbonyl (C=O) groups is 1. The van der Waals surface area contributed by atoms with Crippen LogP contribution >= 0.6 is 0 Å². The first kappa shape index (κ1) is 14.7. The molecule has 0 aliphatic carbocycles. The first-order valence-corrected chi connectivity index (χ1v) is 5.32. The molecule has 92 valence electrons. The molecule has 0 atom stereocenters. The molecule has 0 fully saturated rings. The molecule has 0 heterocycles. The lowest BCUT2D eigenvalue weighted by molar-refractivity contribution is -0.142. The average Bonchev–Trinajstić information content (AvgIpc) is 2.28. The Balaban J connectivity index is 3.31.